The monoisotopic (exact) mass is 377 g/mol. The van der Waals surface area contributed by atoms with Crippen LogP contribution in [0.15, 0.2) is 42.5 Å². The van der Waals surface area contributed by atoms with Crippen molar-refractivity contribution < 1.29 is 23.5 Å². The fourth-order valence-corrected chi connectivity index (χ4v) is 2.50. The minimum absolute atomic E-state index is 0.00806. The summed E-state index contributed by atoms with van der Waals surface area (Å²) in [5, 5.41) is 2.65. The van der Waals surface area contributed by atoms with Gasteiger partial charge < -0.3 is 10.1 Å². The maximum Gasteiger partial charge on any atom is 0.311 e. The zero-order chi connectivity index (χ0) is 19.3. The molecular formula is C19H17ClFNO4. The average molecular weight is 378 g/mol. The zero-order valence-corrected chi connectivity index (χ0v) is 15.0. The van der Waals surface area contributed by atoms with Crippen LogP contribution < -0.4 is 5.32 Å². The Bertz CT molecular complexity index is 833. The molecule has 0 radical (unpaired) electrons. The van der Waals surface area contributed by atoms with Crippen LogP contribution in [0.1, 0.15) is 29.8 Å². The quantitative estimate of drug-likeness (QED) is 0.614. The van der Waals surface area contributed by atoms with Crippen molar-refractivity contribution in [3.05, 3.63) is 64.4 Å². The smallest absolute Gasteiger partial charge is 0.311 e. The van der Waals surface area contributed by atoms with Crippen LogP contribution in [0.2, 0.25) is 5.02 Å². The van der Waals surface area contributed by atoms with E-state index >= 15 is 0 Å². The number of anilines is 1. The molecule has 0 aromatic heterocycles. The molecule has 0 spiro atoms. The predicted octanol–water partition coefficient (Wildman–Crippen LogP) is 3.79. The molecule has 2 aromatic carbocycles. The average Bonchev–Trinajstić information content (AvgIpc) is 2.58. The van der Waals surface area contributed by atoms with Gasteiger partial charge in [-0.2, -0.15) is 0 Å². The largest absolute Gasteiger partial charge is 0.452 e. The van der Waals surface area contributed by atoms with Gasteiger partial charge in [-0.3, -0.25) is 14.4 Å². The van der Waals surface area contributed by atoms with Crippen LogP contribution in [0.3, 0.4) is 0 Å². The number of Topliss-reactive ketones (excluding diaryl/α,β-unsaturated/α-hetero) is 1. The normalized spacial score (nSPS) is 11.5. The first-order valence-corrected chi connectivity index (χ1v) is 8.20. The van der Waals surface area contributed by atoms with Gasteiger partial charge in [0.05, 0.1) is 12.1 Å². The second kappa shape index (κ2) is 8.58. The number of halogens is 2. The summed E-state index contributed by atoms with van der Waals surface area (Å²) in [5.41, 5.74) is 0.677. The molecule has 136 valence electrons. The highest BCUT2D eigenvalue weighted by Gasteiger charge is 2.21. The number of rotatable bonds is 6. The number of ether oxygens (including phenoxy) is 1. The molecule has 0 saturated carbocycles. The third kappa shape index (κ3) is 4.89. The standard InChI is InChI=1S/C19H17ClFNO4/c1-11(23)13-6-3-4-9-17(13)22-19(25)12(2)26-18(24)10-14-15(20)7-5-8-16(14)21/h3-9,12H,10H2,1-2H3,(H,22,25). The highest BCUT2D eigenvalue weighted by atomic mass is 35.5. The SMILES string of the molecule is CC(=O)c1ccccc1NC(=O)C(C)OC(=O)Cc1c(F)cccc1Cl. The minimum Gasteiger partial charge on any atom is -0.452 e. The number of benzene rings is 2. The van der Waals surface area contributed by atoms with Crippen molar-refractivity contribution >= 4 is 34.9 Å². The van der Waals surface area contributed by atoms with Crippen molar-refractivity contribution in [1.82, 2.24) is 0 Å². The fraction of sp³-hybridized carbons (Fsp3) is 0.211. The summed E-state index contributed by atoms with van der Waals surface area (Å²) in [4.78, 5) is 35.8. The maximum atomic E-state index is 13.7. The number of carbonyl (C=O) groups excluding carboxylic acids is 3. The van der Waals surface area contributed by atoms with E-state index in [2.05, 4.69) is 5.32 Å². The van der Waals surface area contributed by atoms with Crippen LogP contribution in [0, 0.1) is 5.82 Å². The third-order valence-electron chi connectivity index (χ3n) is 3.62. The summed E-state index contributed by atoms with van der Waals surface area (Å²) in [6, 6.07) is 10.6. The molecule has 1 unspecified atom stereocenters. The lowest BCUT2D eigenvalue weighted by Crippen LogP contribution is -2.31. The van der Waals surface area contributed by atoms with Gasteiger partial charge in [0.15, 0.2) is 11.9 Å². The molecule has 2 aromatic rings. The van der Waals surface area contributed by atoms with Gasteiger partial charge in [-0.15, -0.1) is 0 Å². The molecule has 0 saturated heterocycles. The number of para-hydroxylation sites is 1. The molecule has 0 bridgehead atoms. The number of hydrogen-bond donors (Lipinski definition) is 1. The van der Waals surface area contributed by atoms with Gasteiger partial charge >= 0.3 is 5.97 Å². The van der Waals surface area contributed by atoms with E-state index in [4.69, 9.17) is 16.3 Å². The Balaban J connectivity index is 2.01. The lowest BCUT2D eigenvalue weighted by atomic mass is 10.1. The number of esters is 1. The number of nitrogens with one attached hydrogen (secondary N) is 1. The summed E-state index contributed by atoms with van der Waals surface area (Å²) < 4.78 is 18.7. The van der Waals surface area contributed by atoms with Crippen LogP contribution in [-0.4, -0.2) is 23.8 Å². The molecular weight excluding hydrogens is 361 g/mol. The van der Waals surface area contributed by atoms with E-state index in [9.17, 15) is 18.8 Å². The number of ketones is 1. The molecule has 0 aliphatic rings. The topological polar surface area (TPSA) is 72.5 Å². The number of hydrogen-bond acceptors (Lipinski definition) is 4. The highest BCUT2D eigenvalue weighted by molar-refractivity contribution is 6.31. The van der Waals surface area contributed by atoms with Gasteiger partial charge in [-0.05, 0) is 38.1 Å². The Kier molecular flexibility index (Phi) is 6.46. The fourth-order valence-electron chi connectivity index (χ4n) is 2.27. The van der Waals surface area contributed by atoms with Crippen LogP contribution in [0.4, 0.5) is 10.1 Å². The minimum atomic E-state index is -1.13. The van der Waals surface area contributed by atoms with Crippen molar-refractivity contribution in [2.45, 2.75) is 26.4 Å². The summed E-state index contributed by atoms with van der Waals surface area (Å²) in [7, 11) is 0. The molecule has 2 rings (SSSR count). The molecule has 0 fully saturated rings. The van der Waals surface area contributed by atoms with E-state index in [0.717, 1.165) is 0 Å². The van der Waals surface area contributed by atoms with Crippen LogP contribution in [0.25, 0.3) is 0 Å². The first-order valence-electron chi connectivity index (χ1n) is 7.82. The molecule has 5 nitrogen and oxygen atoms in total. The second-order valence-electron chi connectivity index (χ2n) is 5.60. The first kappa shape index (κ1) is 19.6. The van der Waals surface area contributed by atoms with Crippen LogP contribution in [-0.2, 0) is 20.7 Å². The van der Waals surface area contributed by atoms with Gasteiger partial charge in [-0.1, -0.05) is 29.8 Å². The lowest BCUT2D eigenvalue weighted by molar-refractivity contribution is -0.152. The van der Waals surface area contributed by atoms with Crippen LogP contribution in [0.5, 0.6) is 0 Å². The van der Waals surface area contributed by atoms with Crippen molar-refractivity contribution in [2.24, 2.45) is 0 Å². The van der Waals surface area contributed by atoms with Gasteiger partial charge in [0.2, 0.25) is 0 Å². The summed E-state index contributed by atoms with van der Waals surface area (Å²) in [6.07, 6.45) is -1.53. The molecule has 0 heterocycles. The van der Waals surface area contributed by atoms with Crippen molar-refractivity contribution in [2.75, 3.05) is 5.32 Å². The van der Waals surface area contributed by atoms with Gasteiger partial charge in [-0.25, -0.2) is 4.39 Å². The Morgan fingerprint density at radius 3 is 2.50 bits per heavy atom. The van der Waals surface area contributed by atoms with Crippen molar-refractivity contribution in [3.63, 3.8) is 0 Å². The lowest BCUT2D eigenvalue weighted by Gasteiger charge is -2.15. The van der Waals surface area contributed by atoms with E-state index in [1.807, 2.05) is 0 Å². The van der Waals surface area contributed by atoms with E-state index in [-0.39, 0.29) is 16.4 Å². The third-order valence-corrected chi connectivity index (χ3v) is 3.98. The number of amides is 1. The van der Waals surface area contributed by atoms with Gasteiger partial charge in [0.25, 0.3) is 5.91 Å². The molecule has 0 aliphatic heterocycles. The number of carbonyl (C=O) groups is 3. The van der Waals surface area contributed by atoms with Crippen molar-refractivity contribution in [3.8, 4) is 0 Å². The van der Waals surface area contributed by atoms with E-state index in [0.29, 0.717) is 11.3 Å². The molecule has 1 atom stereocenters. The maximum absolute atomic E-state index is 13.7. The first-order chi connectivity index (χ1) is 12.3. The molecule has 7 heteroatoms. The van der Waals surface area contributed by atoms with Gasteiger partial charge in [0.1, 0.15) is 5.82 Å². The summed E-state index contributed by atoms with van der Waals surface area (Å²) in [5.74, 6) is -2.23. The molecule has 1 amide bonds. The van der Waals surface area contributed by atoms with E-state index < -0.39 is 30.2 Å². The molecule has 26 heavy (non-hydrogen) atoms. The summed E-state index contributed by atoms with van der Waals surface area (Å²) in [6.45, 7) is 2.76. The Morgan fingerprint density at radius 1 is 1.15 bits per heavy atom. The summed E-state index contributed by atoms with van der Waals surface area (Å²) >= 11 is 5.87. The second-order valence-corrected chi connectivity index (χ2v) is 6.01. The van der Waals surface area contributed by atoms with E-state index in [1.54, 1.807) is 24.3 Å². The van der Waals surface area contributed by atoms with E-state index in [1.165, 1.54) is 32.0 Å². The van der Waals surface area contributed by atoms with Crippen molar-refractivity contribution in [1.29, 1.82) is 0 Å². The van der Waals surface area contributed by atoms with Crippen LogP contribution >= 0.6 is 11.6 Å². The Hall–Kier alpha value is -2.73. The highest BCUT2D eigenvalue weighted by Crippen LogP contribution is 2.20. The molecule has 1 N–H and O–H groups in total. The zero-order valence-electron chi connectivity index (χ0n) is 14.2. The predicted molar refractivity (Wildman–Crippen MR) is 95.7 cm³/mol. The molecule has 0 aliphatic carbocycles. The Labute approximate surface area is 155 Å². The Morgan fingerprint density at radius 2 is 1.85 bits per heavy atom. The van der Waals surface area contributed by atoms with Gasteiger partial charge in [0, 0.05) is 16.1 Å².